The Morgan fingerprint density at radius 3 is 2.66 bits per heavy atom. The van der Waals surface area contributed by atoms with Crippen molar-refractivity contribution in [3.8, 4) is 0 Å². The molecule has 0 spiro atoms. The van der Waals surface area contributed by atoms with Gasteiger partial charge < -0.3 is 4.90 Å². The van der Waals surface area contributed by atoms with E-state index in [0.717, 1.165) is 48.4 Å². The van der Waals surface area contributed by atoms with Gasteiger partial charge in [0.1, 0.15) is 0 Å². The van der Waals surface area contributed by atoms with Gasteiger partial charge in [-0.15, -0.1) is 5.10 Å². The van der Waals surface area contributed by atoms with Crippen LogP contribution in [0, 0.1) is 6.92 Å². The van der Waals surface area contributed by atoms with E-state index in [1.54, 1.807) is 0 Å². The average molecular weight is 423 g/mol. The predicted octanol–water partition coefficient (Wildman–Crippen LogP) is 4.56. The number of piperidine rings is 1. The second-order valence-corrected chi connectivity index (χ2v) is 8.86. The van der Waals surface area contributed by atoms with Gasteiger partial charge in [-0.3, -0.25) is 4.98 Å². The van der Waals surface area contributed by atoms with E-state index in [1.807, 2.05) is 10.6 Å². The molecule has 0 amide bonds. The van der Waals surface area contributed by atoms with Gasteiger partial charge in [0, 0.05) is 23.0 Å². The predicted molar refractivity (Wildman–Crippen MR) is 127 cm³/mol. The van der Waals surface area contributed by atoms with E-state index in [0.29, 0.717) is 5.92 Å². The molecule has 6 heteroatoms. The van der Waals surface area contributed by atoms with E-state index in [4.69, 9.17) is 4.98 Å². The number of nitrogens with zero attached hydrogens (tertiary/aromatic N) is 6. The highest BCUT2D eigenvalue weighted by molar-refractivity contribution is 5.85. The van der Waals surface area contributed by atoms with Crippen LogP contribution < -0.4 is 0 Å². The molecule has 6 nitrogen and oxygen atoms in total. The number of hydrogen-bond acceptors (Lipinski definition) is 5. The fraction of sp³-hybridized carbons (Fsp3) is 0.308. The lowest BCUT2D eigenvalue weighted by Crippen LogP contribution is -2.34. The minimum absolute atomic E-state index is 0.616. The number of likely N-dealkylation sites (tertiary alicyclic amines) is 1. The SMILES string of the molecule is Cc1ccc2c(C3CCN(CCc4cccc5c4ccc4nnnn45)CC3)cccc2n1. The summed E-state index contributed by atoms with van der Waals surface area (Å²) >= 11 is 0. The number of aromatic nitrogens is 5. The summed E-state index contributed by atoms with van der Waals surface area (Å²) in [5.74, 6) is 0.616. The molecule has 32 heavy (non-hydrogen) atoms. The van der Waals surface area contributed by atoms with Gasteiger partial charge in [0.2, 0.25) is 0 Å². The largest absolute Gasteiger partial charge is 0.303 e. The Morgan fingerprint density at radius 1 is 0.906 bits per heavy atom. The zero-order valence-corrected chi connectivity index (χ0v) is 18.3. The summed E-state index contributed by atoms with van der Waals surface area (Å²) in [4.78, 5) is 7.33. The van der Waals surface area contributed by atoms with Crippen molar-refractivity contribution in [1.82, 2.24) is 29.9 Å². The molecule has 0 bridgehead atoms. The normalized spacial score (nSPS) is 15.8. The standard InChI is InChI=1S/C26H26N6/c1-18-8-9-23-21(5-3-6-24(23)27-18)20-13-16-31(17-14-20)15-12-19-4-2-7-25-22(19)10-11-26-28-29-30-32(25)26/h2-11,20H,12-17H2,1H3. The molecule has 6 rings (SSSR count). The molecule has 3 aromatic heterocycles. The minimum Gasteiger partial charge on any atom is -0.303 e. The van der Waals surface area contributed by atoms with Gasteiger partial charge in [0.25, 0.3) is 0 Å². The fourth-order valence-electron chi connectivity index (χ4n) is 5.20. The Labute approximate surface area is 186 Å². The highest BCUT2D eigenvalue weighted by atomic mass is 15.5. The topological polar surface area (TPSA) is 59.2 Å². The average Bonchev–Trinajstić information content (AvgIpc) is 3.32. The van der Waals surface area contributed by atoms with Crippen molar-refractivity contribution in [2.24, 2.45) is 0 Å². The first kappa shape index (κ1) is 19.3. The van der Waals surface area contributed by atoms with Gasteiger partial charge >= 0.3 is 0 Å². The minimum atomic E-state index is 0.616. The van der Waals surface area contributed by atoms with Gasteiger partial charge in [-0.2, -0.15) is 4.52 Å². The van der Waals surface area contributed by atoms with Crippen LogP contribution >= 0.6 is 0 Å². The van der Waals surface area contributed by atoms with E-state index in [-0.39, 0.29) is 0 Å². The number of tetrazole rings is 1. The van der Waals surface area contributed by atoms with E-state index in [2.05, 4.69) is 81.9 Å². The van der Waals surface area contributed by atoms with Crippen molar-refractivity contribution in [1.29, 1.82) is 0 Å². The second kappa shape index (κ2) is 7.95. The van der Waals surface area contributed by atoms with Gasteiger partial charge in [0.05, 0.1) is 11.0 Å². The summed E-state index contributed by atoms with van der Waals surface area (Å²) in [6.45, 7) is 5.42. The summed E-state index contributed by atoms with van der Waals surface area (Å²) in [5.41, 5.74) is 6.89. The molecule has 0 radical (unpaired) electrons. The van der Waals surface area contributed by atoms with E-state index in [9.17, 15) is 0 Å². The lowest BCUT2D eigenvalue weighted by atomic mass is 9.87. The maximum Gasteiger partial charge on any atom is 0.179 e. The van der Waals surface area contributed by atoms with Crippen LogP contribution in [0.5, 0.6) is 0 Å². The molecule has 2 aromatic carbocycles. The van der Waals surface area contributed by atoms with Crippen molar-refractivity contribution in [2.45, 2.75) is 32.1 Å². The molecule has 4 heterocycles. The number of hydrogen-bond donors (Lipinski definition) is 0. The summed E-state index contributed by atoms with van der Waals surface area (Å²) in [5, 5.41) is 14.6. The second-order valence-electron chi connectivity index (χ2n) is 8.86. The molecule has 0 unspecified atom stereocenters. The first-order valence-electron chi connectivity index (χ1n) is 11.4. The molecule has 0 aliphatic carbocycles. The molecule has 1 fully saturated rings. The molecule has 1 aliphatic rings. The highest BCUT2D eigenvalue weighted by Gasteiger charge is 2.22. The maximum atomic E-state index is 4.73. The number of aryl methyl sites for hydroxylation is 1. The molecule has 0 N–H and O–H groups in total. The summed E-state index contributed by atoms with van der Waals surface area (Å²) in [6, 6.07) is 21.6. The zero-order chi connectivity index (χ0) is 21.5. The molecule has 5 aromatic rings. The Balaban J connectivity index is 1.15. The summed E-state index contributed by atoms with van der Waals surface area (Å²) in [6.07, 6.45) is 3.44. The van der Waals surface area contributed by atoms with Crippen LogP contribution in [0.2, 0.25) is 0 Å². The Hall–Kier alpha value is -3.38. The van der Waals surface area contributed by atoms with Crippen LogP contribution in [0.3, 0.4) is 0 Å². The number of benzene rings is 2. The lowest BCUT2D eigenvalue weighted by molar-refractivity contribution is 0.215. The number of pyridine rings is 2. The monoisotopic (exact) mass is 422 g/mol. The van der Waals surface area contributed by atoms with Crippen LogP contribution in [-0.4, -0.2) is 49.6 Å². The first-order chi connectivity index (χ1) is 15.8. The highest BCUT2D eigenvalue weighted by Crippen LogP contribution is 2.33. The van der Waals surface area contributed by atoms with Gasteiger partial charge in [-0.05, 0) is 97.1 Å². The van der Waals surface area contributed by atoms with Crippen LogP contribution in [0.4, 0.5) is 0 Å². The fourth-order valence-corrected chi connectivity index (χ4v) is 5.20. The number of fused-ring (bicyclic) bond motifs is 4. The summed E-state index contributed by atoms with van der Waals surface area (Å²) in [7, 11) is 0. The third kappa shape index (κ3) is 3.41. The maximum absolute atomic E-state index is 4.73. The van der Waals surface area contributed by atoms with Crippen LogP contribution in [-0.2, 0) is 6.42 Å². The molecule has 0 atom stereocenters. The van der Waals surface area contributed by atoms with Crippen molar-refractivity contribution in [3.63, 3.8) is 0 Å². The van der Waals surface area contributed by atoms with Crippen LogP contribution in [0.25, 0.3) is 27.5 Å². The molecular formula is C26H26N6. The summed E-state index contributed by atoms with van der Waals surface area (Å²) < 4.78 is 1.82. The quantitative estimate of drug-likeness (QED) is 0.425. The third-order valence-corrected chi connectivity index (χ3v) is 6.92. The first-order valence-corrected chi connectivity index (χ1v) is 11.4. The van der Waals surface area contributed by atoms with E-state index >= 15 is 0 Å². The lowest BCUT2D eigenvalue weighted by Gasteiger charge is -2.32. The van der Waals surface area contributed by atoms with Crippen molar-refractivity contribution in [3.05, 3.63) is 77.5 Å². The molecule has 1 saturated heterocycles. The Bertz CT molecular complexity index is 1410. The van der Waals surface area contributed by atoms with E-state index in [1.165, 1.54) is 34.7 Å². The Kier molecular flexibility index (Phi) is 4.80. The number of rotatable bonds is 4. The van der Waals surface area contributed by atoms with E-state index < -0.39 is 0 Å². The van der Waals surface area contributed by atoms with Crippen molar-refractivity contribution in [2.75, 3.05) is 19.6 Å². The molecule has 0 saturated carbocycles. The third-order valence-electron chi connectivity index (χ3n) is 6.92. The van der Waals surface area contributed by atoms with Gasteiger partial charge in [-0.25, -0.2) is 0 Å². The van der Waals surface area contributed by atoms with Crippen LogP contribution in [0.1, 0.15) is 35.6 Å². The molecular weight excluding hydrogens is 396 g/mol. The Morgan fingerprint density at radius 2 is 1.75 bits per heavy atom. The van der Waals surface area contributed by atoms with Crippen molar-refractivity contribution < 1.29 is 0 Å². The van der Waals surface area contributed by atoms with Gasteiger partial charge in [0.15, 0.2) is 5.65 Å². The van der Waals surface area contributed by atoms with Crippen LogP contribution in [0.15, 0.2) is 60.7 Å². The molecule has 160 valence electrons. The van der Waals surface area contributed by atoms with Gasteiger partial charge in [-0.1, -0.05) is 30.3 Å². The molecule has 1 aliphatic heterocycles. The zero-order valence-electron chi connectivity index (χ0n) is 18.3. The van der Waals surface area contributed by atoms with Crippen molar-refractivity contribution >= 4 is 27.5 Å². The smallest absolute Gasteiger partial charge is 0.179 e.